The minimum atomic E-state index is -0.0366. The molecule has 1 atom stereocenters. The SMILES string of the molecule is CC(Nc1nccn(C2CC2)c1=O)c1ccc(CN)cc1. The van der Waals surface area contributed by atoms with E-state index in [0.717, 1.165) is 24.0 Å². The summed E-state index contributed by atoms with van der Waals surface area (Å²) in [5.74, 6) is 0.416. The lowest BCUT2D eigenvalue weighted by Gasteiger charge is -2.15. The van der Waals surface area contributed by atoms with Gasteiger partial charge in [-0.25, -0.2) is 4.98 Å². The van der Waals surface area contributed by atoms with Gasteiger partial charge >= 0.3 is 0 Å². The maximum Gasteiger partial charge on any atom is 0.293 e. The Morgan fingerprint density at radius 3 is 2.71 bits per heavy atom. The van der Waals surface area contributed by atoms with E-state index in [0.29, 0.717) is 18.4 Å². The average Bonchev–Trinajstić information content (AvgIpc) is 3.34. The third-order valence-electron chi connectivity index (χ3n) is 3.88. The number of nitrogens with two attached hydrogens (primary N) is 1. The fourth-order valence-corrected chi connectivity index (χ4v) is 2.39. The number of rotatable bonds is 5. The minimum absolute atomic E-state index is 0.0204. The first-order chi connectivity index (χ1) is 10.2. The van der Waals surface area contributed by atoms with Gasteiger partial charge in [0.2, 0.25) is 0 Å². The summed E-state index contributed by atoms with van der Waals surface area (Å²) in [4.78, 5) is 16.5. The first-order valence-electron chi connectivity index (χ1n) is 7.31. The van der Waals surface area contributed by atoms with Crippen molar-refractivity contribution in [1.82, 2.24) is 9.55 Å². The molecule has 0 spiro atoms. The highest BCUT2D eigenvalue weighted by molar-refractivity contribution is 5.37. The number of hydrogen-bond acceptors (Lipinski definition) is 4. The second-order valence-electron chi connectivity index (χ2n) is 5.53. The van der Waals surface area contributed by atoms with E-state index < -0.39 is 0 Å². The predicted molar refractivity (Wildman–Crippen MR) is 83.1 cm³/mol. The Bertz CT molecular complexity index is 673. The zero-order valence-corrected chi connectivity index (χ0v) is 12.1. The Morgan fingerprint density at radius 2 is 2.10 bits per heavy atom. The second kappa shape index (κ2) is 5.69. The maximum absolute atomic E-state index is 12.3. The molecule has 3 rings (SSSR count). The molecule has 0 amide bonds. The van der Waals surface area contributed by atoms with Crippen LogP contribution in [-0.2, 0) is 6.54 Å². The van der Waals surface area contributed by atoms with Crippen LogP contribution in [0.2, 0.25) is 0 Å². The van der Waals surface area contributed by atoms with Crippen LogP contribution in [0.4, 0.5) is 5.82 Å². The van der Waals surface area contributed by atoms with Gasteiger partial charge in [0, 0.05) is 25.0 Å². The molecule has 1 unspecified atom stereocenters. The summed E-state index contributed by atoms with van der Waals surface area (Å²) in [5, 5.41) is 3.21. The molecule has 1 fully saturated rings. The molecule has 2 aromatic rings. The molecule has 0 radical (unpaired) electrons. The van der Waals surface area contributed by atoms with Crippen LogP contribution in [0, 0.1) is 0 Å². The molecule has 1 aliphatic rings. The number of anilines is 1. The van der Waals surface area contributed by atoms with E-state index >= 15 is 0 Å². The molecule has 3 N–H and O–H groups in total. The predicted octanol–water partition coefficient (Wildman–Crippen LogP) is 2.21. The van der Waals surface area contributed by atoms with Crippen LogP contribution in [0.3, 0.4) is 0 Å². The highest BCUT2D eigenvalue weighted by Crippen LogP contribution is 2.33. The van der Waals surface area contributed by atoms with Crippen molar-refractivity contribution in [3.63, 3.8) is 0 Å². The molecule has 1 aliphatic carbocycles. The number of nitrogens with zero attached hydrogens (tertiary/aromatic N) is 2. The molecule has 0 aliphatic heterocycles. The molecule has 1 aromatic carbocycles. The van der Waals surface area contributed by atoms with E-state index in [9.17, 15) is 4.79 Å². The zero-order valence-electron chi connectivity index (χ0n) is 12.1. The van der Waals surface area contributed by atoms with Crippen LogP contribution in [0.5, 0.6) is 0 Å². The molecule has 0 saturated heterocycles. The zero-order chi connectivity index (χ0) is 14.8. The van der Waals surface area contributed by atoms with Crippen molar-refractivity contribution in [2.75, 3.05) is 5.32 Å². The molecule has 5 heteroatoms. The summed E-state index contributed by atoms with van der Waals surface area (Å²) in [6, 6.07) is 8.46. The van der Waals surface area contributed by atoms with Gasteiger partial charge < -0.3 is 15.6 Å². The van der Waals surface area contributed by atoms with Gasteiger partial charge in [0.15, 0.2) is 5.82 Å². The Hall–Kier alpha value is -2.14. The first kappa shape index (κ1) is 13.8. The molecule has 21 heavy (non-hydrogen) atoms. The number of benzene rings is 1. The fourth-order valence-electron chi connectivity index (χ4n) is 2.39. The number of aromatic nitrogens is 2. The summed E-state index contributed by atoms with van der Waals surface area (Å²) in [6.45, 7) is 2.56. The van der Waals surface area contributed by atoms with Crippen LogP contribution in [0.25, 0.3) is 0 Å². The Balaban J connectivity index is 1.79. The van der Waals surface area contributed by atoms with Crippen molar-refractivity contribution in [1.29, 1.82) is 0 Å². The van der Waals surface area contributed by atoms with Crippen molar-refractivity contribution in [3.05, 3.63) is 58.1 Å². The summed E-state index contributed by atoms with van der Waals surface area (Å²) in [6.07, 6.45) is 5.62. The quantitative estimate of drug-likeness (QED) is 0.883. The number of nitrogens with one attached hydrogen (secondary N) is 1. The summed E-state index contributed by atoms with van der Waals surface area (Å²) < 4.78 is 1.78. The van der Waals surface area contributed by atoms with Gasteiger partial charge in [-0.1, -0.05) is 24.3 Å². The van der Waals surface area contributed by atoms with Crippen LogP contribution in [0.15, 0.2) is 41.5 Å². The van der Waals surface area contributed by atoms with Crippen molar-refractivity contribution < 1.29 is 0 Å². The molecule has 1 heterocycles. The van der Waals surface area contributed by atoms with Gasteiger partial charge in [0.05, 0.1) is 6.04 Å². The highest BCUT2D eigenvalue weighted by Gasteiger charge is 2.25. The molecule has 0 bridgehead atoms. The molecule has 110 valence electrons. The summed E-state index contributed by atoms with van der Waals surface area (Å²) >= 11 is 0. The first-order valence-corrected chi connectivity index (χ1v) is 7.31. The van der Waals surface area contributed by atoms with E-state index in [1.165, 1.54) is 0 Å². The van der Waals surface area contributed by atoms with Gasteiger partial charge in [0.1, 0.15) is 0 Å². The summed E-state index contributed by atoms with van der Waals surface area (Å²) in [7, 11) is 0. The Kier molecular flexibility index (Phi) is 3.75. The van der Waals surface area contributed by atoms with E-state index in [-0.39, 0.29) is 11.6 Å². The lowest BCUT2D eigenvalue weighted by molar-refractivity contribution is 0.696. The van der Waals surface area contributed by atoms with E-state index in [4.69, 9.17) is 5.73 Å². The molecule has 1 saturated carbocycles. The largest absolute Gasteiger partial charge is 0.359 e. The molecule has 5 nitrogen and oxygen atoms in total. The van der Waals surface area contributed by atoms with Gasteiger partial charge in [0.25, 0.3) is 5.56 Å². The topological polar surface area (TPSA) is 72.9 Å². The van der Waals surface area contributed by atoms with Crippen molar-refractivity contribution in [2.24, 2.45) is 5.73 Å². The summed E-state index contributed by atoms with van der Waals surface area (Å²) in [5.41, 5.74) is 7.77. The van der Waals surface area contributed by atoms with Gasteiger partial charge in [-0.2, -0.15) is 0 Å². The van der Waals surface area contributed by atoms with E-state index in [1.54, 1.807) is 17.0 Å². The Morgan fingerprint density at radius 1 is 1.38 bits per heavy atom. The number of hydrogen-bond donors (Lipinski definition) is 2. The smallest absolute Gasteiger partial charge is 0.293 e. The highest BCUT2D eigenvalue weighted by atomic mass is 16.1. The monoisotopic (exact) mass is 284 g/mol. The van der Waals surface area contributed by atoms with Crippen molar-refractivity contribution in [2.45, 2.75) is 38.4 Å². The van der Waals surface area contributed by atoms with Crippen LogP contribution < -0.4 is 16.6 Å². The van der Waals surface area contributed by atoms with Gasteiger partial charge in [-0.15, -0.1) is 0 Å². The fraction of sp³-hybridized carbons (Fsp3) is 0.375. The van der Waals surface area contributed by atoms with Crippen LogP contribution in [0.1, 0.15) is 43.0 Å². The van der Waals surface area contributed by atoms with E-state index in [2.05, 4.69) is 10.3 Å². The third kappa shape index (κ3) is 2.97. The maximum atomic E-state index is 12.3. The standard InChI is InChI=1S/C16H20N4O/c1-11(13-4-2-12(10-17)3-5-13)19-15-16(21)20(9-8-18-15)14-6-7-14/h2-5,8-9,11,14H,6-7,10,17H2,1H3,(H,18,19). The van der Waals surface area contributed by atoms with E-state index in [1.807, 2.05) is 31.2 Å². The second-order valence-corrected chi connectivity index (χ2v) is 5.53. The molecular formula is C16H20N4O. The Labute approximate surface area is 123 Å². The van der Waals surface area contributed by atoms with Crippen LogP contribution in [-0.4, -0.2) is 9.55 Å². The van der Waals surface area contributed by atoms with Crippen molar-refractivity contribution in [3.8, 4) is 0 Å². The van der Waals surface area contributed by atoms with Crippen LogP contribution >= 0.6 is 0 Å². The lowest BCUT2D eigenvalue weighted by Crippen LogP contribution is -2.24. The minimum Gasteiger partial charge on any atom is -0.359 e. The molecular weight excluding hydrogens is 264 g/mol. The molecule has 1 aromatic heterocycles. The average molecular weight is 284 g/mol. The lowest BCUT2D eigenvalue weighted by atomic mass is 10.1. The normalized spacial score (nSPS) is 15.7. The third-order valence-corrected chi connectivity index (χ3v) is 3.88. The van der Waals surface area contributed by atoms with Gasteiger partial charge in [-0.3, -0.25) is 4.79 Å². The van der Waals surface area contributed by atoms with Gasteiger partial charge in [-0.05, 0) is 30.9 Å². The van der Waals surface area contributed by atoms with Crippen molar-refractivity contribution >= 4 is 5.82 Å².